The molecule has 0 saturated carbocycles. The summed E-state index contributed by atoms with van der Waals surface area (Å²) >= 11 is 0. The molecule has 1 N–H and O–H groups in total. The van der Waals surface area contributed by atoms with E-state index in [-0.39, 0.29) is 0 Å². The van der Waals surface area contributed by atoms with Crippen molar-refractivity contribution in [2.24, 2.45) is 0 Å². The number of hydrogen-bond acceptors (Lipinski definition) is 3. The van der Waals surface area contributed by atoms with Crippen LogP contribution in [0.15, 0.2) is 30.3 Å². The summed E-state index contributed by atoms with van der Waals surface area (Å²) in [6.07, 6.45) is 5.24. The van der Waals surface area contributed by atoms with Crippen LogP contribution >= 0.6 is 0 Å². The third-order valence-corrected chi connectivity index (χ3v) is 3.19. The first-order valence-corrected chi connectivity index (χ1v) is 6.61. The van der Waals surface area contributed by atoms with Crippen molar-refractivity contribution in [3.63, 3.8) is 0 Å². The number of benzene rings is 1. The van der Waals surface area contributed by atoms with Gasteiger partial charge in [0.1, 0.15) is 12.4 Å². The molecule has 0 aliphatic carbocycles. The van der Waals surface area contributed by atoms with Crippen molar-refractivity contribution in [1.82, 2.24) is 4.90 Å². The van der Waals surface area contributed by atoms with Gasteiger partial charge in [0.05, 0.1) is 0 Å². The molecular formula is C15H19NO3. The van der Waals surface area contributed by atoms with Crippen molar-refractivity contribution < 1.29 is 14.6 Å². The summed E-state index contributed by atoms with van der Waals surface area (Å²) in [6.45, 7) is 3.88. The van der Waals surface area contributed by atoms with Crippen LogP contribution < -0.4 is 4.74 Å². The number of ether oxygens (including phenoxy) is 1. The summed E-state index contributed by atoms with van der Waals surface area (Å²) in [4.78, 5) is 12.9. The van der Waals surface area contributed by atoms with E-state index in [1.54, 1.807) is 6.08 Å². The van der Waals surface area contributed by atoms with Gasteiger partial charge < -0.3 is 9.84 Å². The van der Waals surface area contributed by atoms with Gasteiger partial charge in [0, 0.05) is 18.2 Å². The van der Waals surface area contributed by atoms with E-state index in [2.05, 4.69) is 4.90 Å². The second-order valence-corrected chi connectivity index (χ2v) is 4.61. The van der Waals surface area contributed by atoms with Crippen LogP contribution in [-0.2, 0) is 4.79 Å². The summed E-state index contributed by atoms with van der Waals surface area (Å²) in [5, 5.41) is 8.65. The lowest BCUT2D eigenvalue weighted by Crippen LogP contribution is -2.25. The van der Waals surface area contributed by atoms with Crippen LogP contribution in [0.3, 0.4) is 0 Å². The normalized spacial score (nSPS) is 16.0. The van der Waals surface area contributed by atoms with Crippen molar-refractivity contribution in [2.75, 3.05) is 26.2 Å². The Morgan fingerprint density at radius 3 is 2.79 bits per heavy atom. The molecule has 1 heterocycles. The number of carboxylic acid groups (broad SMARTS) is 1. The number of rotatable bonds is 6. The lowest BCUT2D eigenvalue weighted by molar-refractivity contribution is -0.131. The molecule has 1 saturated heterocycles. The van der Waals surface area contributed by atoms with Crippen LogP contribution in [0.25, 0.3) is 6.08 Å². The molecule has 1 fully saturated rings. The van der Waals surface area contributed by atoms with Crippen molar-refractivity contribution in [3.8, 4) is 5.75 Å². The summed E-state index contributed by atoms with van der Waals surface area (Å²) in [5.41, 5.74) is 0.798. The molecule has 1 aliphatic heterocycles. The average molecular weight is 261 g/mol. The van der Waals surface area contributed by atoms with E-state index in [1.165, 1.54) is 12.8 Å². The molecule has 0 bridgehead atoms. The van der Waals surface area contributed by atoms with Crippen LogP contribution in [0.4, 0.5) is 0 Å². The van der Waals surface area contributed by atoms with Crippen molar-refractivity contribution in [3.05, 3.63) is 35.9 Å². The molecule has 2 rings (SSSR count). The highest BCUT2D eigenvalue weighted by molar-refractivity contribution is 5.85. The number of aliphatic carboxylic acids is 1. The maximum Gasteiger partial charge on any atom is 0.328 e. The van der Waals surface area contributed by atoms with Gasteiger partial charge in [-0.1, -0.05) is 18.2 Å². The Labute approximate surface area is 113 Å². The summed E-state index contributed by atoms with van der Waals surface area (Å²) in [6, 6.07) is 7.48. The topological polar surface area (TPSA) is 49.8 Å². The zero-order valence-electron chi connectivity index (χ0n) is 10.9. The van der Waals surface area contributed by atoms with Crippen molar-refractivity contribution >= 4 is 12.0 Å². The van der Waals surface area contributed by atoms with E-state index < -0.39 is 5.97 Å². The van der Waals surface area contributed by atoms with Gasteiger partial charge in [-0.3, -0.25) is 4.90 Å². The smallest absolute Gasteiger partial charge is 0.328 e. The third-order valence-electron chi connectivity index (χ3n) is 3.19. The number of carboxylic acids is 1. The minimum atomic E-state index is -0.952. The van der Waals surface area contributed by atoms with E-state index in [0.717, 1.165) is 37.0 Å². The highest BCUT2D eigenvalue weighted by atomic mass is 16.5. The zero-order valence-corrected chi connectivity index (χ0v) is 10.9. The summed E-state index contributed by atoms with van der Waals surface area (Å²) < 4.78 is 5.75. The van der Waals surface area contributed by atoms with Crippen LogP contribution in [0.5, 0.6) is 5.75 Å². The Bertz CT molecular complexity index is 450. The Morgan fingerprint density at radius 1 is 1.32 bits per heavy atom. The fourth-order valence-corrected chi connectivity index (χ4v) is 2.20. The maximum absolute atomic E-state index is 10.5. The molecule has 0 spiro atoms. The zero-order chi connectivity index (χ0) is 13.5. The Morgan fingerprint density at radius 2 is 2.05 bits per heavy atom. The number of nitrogens with zero attached hydrogens (tertiary/aromatic N) is 1. The molecule has 1 aliphatic rings. The second kappa shape index (κ2) is 6.95. The van der Waals surface area contributed by atoms with Gasteiger partial charge in [0.2, 0.25) is 0 Å². The number of likely N-dealkylation sites (tertiary alicyclic amines) is 1. The highest BCUT2D eigenvalue weighted by Gasteiger charge is 2.11. The number of carbonyl (C=O) groups is 1. The van der Waals surface area contributed by atoms with E-state index >= 15 is 0 Å². The maximum atomic E-state index is 10.5. The van der Waals surface area contributed by atoms with Crippen molar-refractivity contribution in [2.45, 2.75) is 12.8 Å². The molecule has 4 heteroatoms. The van der Waals surface area contributed by atoms with Crippen LogP contribution in [-0.4, -0.2) is 42.2 Å². The van der Waals surface area contributed by atoms with Crippen molar-refractivity contribution in [1.29, 1.82) is 0 Å². The lowest BCUT2D eigenvalue weighted by Gasteiger charge is -2.15. The molecular weight excluding hydrogens is 242 g/mol. The van der Waals surface area contributed by atoms with Gasteiger partial charge in [-0.2, -0.15) is 0 Å². The van der Waals surface area contributed by atoms with Crippen LogP contribution in [0.2, 0.25) is 0 Å². The van der Waals surface area contributed by atoms with Crippen LogP contribution in [0.1, 0.15) is 18.4 Å². The van der Waals surface area contributed by atoms with E-state index in [4.69, 9.17) is 9.84 Å². The molecule has 102 valence electrons. The van der Waals surface area contributed by atoms with Crippen LogP contribution in [0, 0.1) is 0 Å². The molecule has 0 radical (unpaired) electrons. The minimum Gasteiger partial charge on any atom is -0.492 e. The number of para-hydroxylation sites is 1. The standard InChI is InChI=1S/C15H19NO3/c17-15(18)8-7-13-5-1-2-6-14(13)19-12-11-16-9-3-4-10-16/h1-2,5-8H,3-4,9-12H2,(H,17,18)/b8-7-. The lowest BCUT2D eigenvalue weighted by atomic mass is 10.2. The number of hydrogen-bond donors (Lipinski definition) is 1. The van der Waals surface area contributed by atoms with Gasteiger partial charge in [0.15, 0.2) is 0 Å². The second-order valence-electron chi connectivity index (χ2n) is 4.61. The molecule has 0 atom stereocenters. The van der Waals surface area contributed by atoms with Gasteiger partial charge >= 0.3 is 5.97 Å². The predicted molar refractivity (Wildman–Crippen MR) is 74.3 cm³/mol. The quantitative estimate of drug-likeness (QED) is 0.798. The van der Waals surface area contributed by atoms with E-state index in [1.807, 2.05) is 24.3 Å². The first kappa shape index (κ1) is 13.6. The largest absolute Gasteiger partial charge is 0.492 e. The molecule has 19 heavy (non-hydrogen) atoms. The first-order chi connectivity index (χ1) is 9.25. The summed E-state index contributed by atoms with van der Waals surface area (Å²) in [7, 11) is 0. The third kappa shape index (κ3) is 4.41. The molecule has 0 aromatic heterocycles. The van der Waals surface area contributed by atoms with E-state index in [9.17, 15) is 4.79 Å². The Balaban J connectivity index is 1.89. The SMILES string of the molecule is O=C(O)/C=C\c1ccccc1OCCN1CCCC1. The van der Waals surface area contributed by atoms with Gasteiger partial charge in [-0.05, 0) is 38.1 Å². The van der Waals surface area contributed by atoms with E-state index in [0.29, 0.717) is 6.61 Å². The fourth-order valence-electron chi connectivity index (χ4n) is 2.20. The molecule has 1 aromatic rings. The molecule has 0 amide bonds. The fraction of sp³-hybridized carbons (Fsp3) is 0.400. The monoisotopic (exact) mass is 261 g/mol. The highest BCUT2D eigenvalue weighted by Crippen LogP contribution is 2.19. The average Bonchev–Trinajstić information content (AvgIpc) is 2.91. The minimum absolute atomic E-state index is 0.637. The Hall–Kier alpha value is -1.81. The molecule has 4 nitrogen and oxygen atoms in total. The molecule has 0 unspecified atom stereocenters. The van der Waals surface area contributed by atoms with Gasteiger partial charge in [-0.25, -0.2) is 4.79 Å². The molecule has 1 aromatic carbocycles. The van der Waals surface area contributed by atoms with Gasteiger partial charge in [-0.15, -0.1) is 0 Å². The van der Waals surface area contributed by atoms with Gasteiger partial charge in [0.25, 0.3) is 0 Å². The predicted octanol–water partition coefficient (Wildman–Crippen LogP) is 2.26. The first-order valence-electron chi connectivity index (χ1n) is 6.61. The summed E-state index contributed by atoms with van der Waals surface area (Å²) in [5.74, 6) is -0.217. The Kier molecular flexibility index (Phi) is 4.98.